The Morgan fingerprint density at radius 2 is 0.348 bits per heavy atom. The van der Waals surface area contributed by atoms with Gasteiger partial charge in [0.05, 0.1) is 0 Å². The fourth-order valence-electron chi connectivity index (χ4n) is 9.07. The van der Waals surface area contributed by atoms with Crippen LogP contribution >= 0.6 is 0 Å². The van der Waals surface area contributed by atoms with Gasteiger partial charge in [-0.05, 0) is 49.4 Å². The SMILES string of the molecule is OCCC1(CCO)CCCCCCCCCCCCCCCCCCCCCCCCCCCCCCCCC1(CCO)CCO. The van der Waals surface area contributed by atoms with Gasteiger partial charge in [-0.1, -0.05) is 193 Å². The standard InChI is InChI=1S/C42H84O4/c43-37-33-41(34-38-44)31-29-27-25-23-21-19-17-15-13-11-9-7-5-3-1-2-4-6-8-10-12-14-16-18-20-22-24-26-28-30-32-42(41,35-39-45)36-40-46/h43-46H,1-40H2. The van der Waals surface area contributed by atoms with E-state index in [9.17, 15) is 20.4 Å². The van der Waals surface area contributed by atoms with Gasteiger partial charge in [0.1, 0.15) is 0 Å². The molecule has 4 heteroatoms. The van der Waals surface area contributed by atoms with E-state index in [2.05, 4.69) is 0 Å². The van der Waals surface area contributed by atoms with Crippen LogP contribution in [0.15, 0.2) is 0 Å². The maximum absolute atomic E-state index is 10.2. The highest BCUT2D eigenvalue weighted by atomic mass is 16.3. The Morgan fingerprint density at radius 3 is 0.478 bits per heavy atom. The van der Waals surface area contributed by atoms with Gasteiger partial charge in [-0.2, -0.15) is 0 Å². The van der Waals surface area contributed by atoms with E-state index in [-0.39, 0.29) is 37.3 Å². The number of rotatable bonds is 8. The molecule has 1 saturated carbocycles. The molecule has 0 heterocycles. The fourth-order valence-corrected chi connectivity index (χ4v) is 9.07. The molecule has 0 unspecified atom stereocenters. The number of aliphatic hydroxyl groups is 4. The van der Waals surface area contributed by atoms with E-state index < -0.39 is 0 Å². The summed E-state index contributed by atoms with van der Waals surface area (Å²) in [6.07, 6.45) is 45.6. The summed E-state index contributed by atoms with van der Waals surface area (Å²) in [6, 6.07) is 0. The minimum Gasteiger partial charge on any atom is -0.396 e. The third-order valence-electron chi connectivity index (χ3n) is 12.0. The van der Waals surface area contributed by atoms with Gasteiger partial charge in [0.15, 0.2) is 0 Å². The van der Waals surface area contributed by atoms with Crippen LogP contribution in [0.2, 0.25) is 0 Å². The third-order valence-corrected chi connectivity index (χ3v) is 12.0. The molecular formula is C42H84O4. The zero-order valence-corrected chi connectivity index (χ0v) is 31.1. The molecule has 0 bridgehead atoms. The van der Waals surface area contributed by atoms with Gasteiger partial charge in [0.25, 0.3) is 0 Å². The molecule has 1 aliphatic rings. The van der Waals surface area contributed by atoms with Gasteiger partial charge >= 0.3 is 0 Å². The molecule has 0 aromatic carbocycles. The van der Waals surface area contributed by atoms with E-state index in [1.165, 1.54) is 180 Å². The average molecular weight is 653 g/mol. The number of hydrogen-bond donors (Lipinski definition) is 4. The summed E-state index contributed by atoms with van der Waals surface area (Å²) in [5.74, 6) is 0. The van der Waals surface area contributed by atoms with Gasteiger partial charge in [-0.15, -0.1) is 0 Å². The lowest BCUT2D eigenvalue weighted by Gasteiger charge is -2.52. The van der Waals surface area contributed by atoms with Crippen molar-refractivity contribution < 1.29 is 20.4 Å². The van der Waals surface area contributed by atoms with Crippen molar-refractivity contribution in [1.82, 2.24) is 0 Å². The lowest BCUT2D eigenvalue weighted by atomic mass is 9.53. The molecule has 0 atom stereocenters. The van der Waals surface area contributed by atoms with Gasteiger partial charge < -0.3 is 20.4 Å². The van der Waals surface area contributed by atoms with Crippen LogP contribution in [0, 0.1) is 10.8 Å². The van der Waals surface area contributed by atoms with Crippen LogP contribution in [0.5, 0.6) is 0 Å². The van der Waals surface area contributed by atoms with Crippen molar-refractivity contribution in [3.63, 3.8) is 0 Å². The summed E-state index contributed by atoms with van der Waals surface area (Å²) in [5.41, 5.74) is -0.447. The molecular weight excluding hydrogens is 568 g/mol. The smallest absolute Gasteiger partial charge is 0.0436 e. The monoisotopic (exact) mass is 653 g/mol. The number of hydrogen-bond acceptors (Lipinski definition) is 4. The highest BCUT2D eigenvalue weighted by Crippen LogP contribution is 2.56. The largest absolute Gasteiger partial charge is 0.396 e. The topological polar surface area (TPSA) is 80.9 Å². The summed E-state index contributed by atoms with van der Waals surface area (Å²) in [5, 5.41) is 40.9. The van der Waals surface area contributed by atoms with Crippen molar-refractivity contribution in [2.24, 2.45) is 10.8 Å². The maximum atomic E-state index is 10.2. The first-order valence-corrected chi connectivity index (χ1v) is 21.1. The molecule has 0 spiro atoms. The summed E-state index contributed by atoms with van der Waals surface area (Å²) in [7, 11) is 0. The van der Waals surface area contributed by atoms with Crippen molar-refractivity contribution in [3.8, 4) is 0 Å². The van der Waals surface area contributed by atoms with E-state index in [1.807, 2.05) is 0 Å². The first-order valence-electron chi connectivity index (χ1n) is 21.1. The molecule has 1 rings (SSSR count). The lowest BCUT2D eigenvalue weighted by Crippen LogP contribution is -2.45. The summed E-state index contributed by atoms with van der Waals surface area (Å²) in [4.78, 5) is 0. The predicted octanol–water partition coefficient (Wildman–Crippen LogP) is 12.0. The Morgan fingerprint density at radius 1 is 0.217 bits per heavy atom. The van der Waals surface area contributed by atoms with E-state index >= 15 is 0 Å². The Labute approximate surface area is 288 Å². The molecule has 0 aromatic heterocycles. The van der Waals surface area contributed by atoms with Crippen molar-refractivity contribution in [2.45, 2.75) is 231 Å². The van der Waals surface area contributed by atoms with Crippen molar-refractivity contribution in [3.05, 3.63) is 0 Å². The van der Waals surface area contributed by atoms with E-state index in [0.717, 1.165) is 25.7 Å². The third kappa shape index (κ3) is 21.0. The van der Waals surface area contributed by atoms with Gasteiger partial charge in [0.2, 0.25) is 0 Å². The molecule has 4 nitrogen and oxygen atoms in total. The molecule has 276 valence electrons. The van der Waals surface area contributed by atoms with Crippen LogP contribution in [0.25, 0.3) is 0 Å². The van der Waals surface area contributed by atoms with Crippen LogP contribution in [-0.2, 0) is 0 Å². The summed E-state index contributed by atoms with van der Waals surface area (Å²) in [6.45, 7) is 0.439. The number of aliphatic hydroxyl groups excluding tert-OH is 4. The van der Waals surface area contributed by atoms with Crippen LogP contribution in [0.3, 0.4) is 0 Å². The summed E-state index contributed by atoms with van der Waals surface area (Å²) < 4.78 is 0. The van der Waals surface area contributed by atoms with Crippen LogP contribution in [0.1, 0.15) is 231 Å². The predicted molar refractivity (Wildman–Crippen MR) is 199 cm³/mol. The van der Waals surface area contributed by atoms with Crippen LogP contribution in [0.4, 0.5) is 0 Å². The molecule has 0 saturated heterocycles. The summed E-state index contributed by atoms with van der Waals surface area (Å²) >= 11 is 0. The Bertz CT molecular complexity index is 544. The molecule has 1 fully saturated rings. The zero-order chi connectivity index (χ0) is 33.3. The van der Waals surface area contributed by atoms with Gasteiger partial charge in [-0.3, -0.25) is 0 Å². The van der Waals surface area contributed by atoms with Gasteiger partial charge in [-0.25, -0.2) is 0 Å². The zero-order valence-electron chi connectivity index (χ0n) is 31.1. The second kappa shape index (κ2) is 32.1. The Balaban J connectivity index is 2.66. The van der Waals surface area contributed by atoms with E-state index in [1.54, 1.807) is 0 Å². The van der Waals surface area contributed by atoms with Crippen molar-refractivity contribution in [2.75, 3.05) is 26.4 Å². The molecule has 0 aromatic rings. The average Bonchev–Trinajstić information content (AvgIpc) is 3.05. The van der Waals surface area contributed by atoms with Crippen LogP contribution in [-0.4, -0.2) is 46.9 Å². The minimum absolute atomic E-state index is 0.110. The van der Waals surface area contributed by atoms with E-state index in [0.29, 0.717) is 25.7 Å². The first-order chi connectivity index (χ1) is 22.7. The second-order valence-electron chi connectivity index (χ2n) is 15.6. The molecule has 4 N–H and O–H groups in total. The fraction of sp³-hybridized carbons (Fsp3) is 1.00. The highest BCUT2D eigenvalue weighted by molar-refractivity contribution is 4.98. The maximum Gasteiger partial charge on any atom is 0.0436 e. The lowest BCUT2D eigenvalue weighted by molar-refractivity contribution is -0.0601. The molecule has 0 amide bonds. The quantitative estimate of drug-likeness (QED) is 0.210. The minimum atomic E-state index is -0.223. The van der Waals surface area contributed by atoms with Crippen LogP contribution < -0.4 is 0 Å². The molecule has 46 heavy (non-hydrogen) atoms. The second-order valence-corrected chi connectivity index (χ2v) is 15.6. The Hall–Kier alpha value is -0.160. The molecule has 0 radical (unpaired) electrons. The van der Waals surface area contributed by atoms with E-state index in [4.69, 9.17) is 0 Å². The normalized spacial score (nSPS) is 23.2. The Kier molecular flexibility index (Phi) is 30.6. The van der Waals surface area contributed by atoms with Crippen molar-refractivity contribution in [1.29, 1.82) is 0 Å². The molecule has 0 aliphatic heterocycles. The van der Waals surface area contributed by atoms with Crippen molar-refractivity contribution >= 4 is 0 Å². The van der Waals surface area contributed by atoms with Gasteiger partial charge in [0, 0.05) is 26.4 Å². The highest BCUT2D eigenvalue weighted by Gasteiger charge is 2.48. The first kappa shape index (κ1) is 43.9. The molecule has 1 aliphatic carbocycles.